The zero-order valence-corrected chi connectivity index (χ0v) is 5.93. The molecule has 3 N–H and O–H groups in total. The molecule has 4 heteroatoms. The van der Waals surface area contributed by atoms with E-state index in [4.69, 9.17) is 5.11 Å². The van der Waals surface area contributed by atoms with Crippen molar-refractivity contribution in [3.63, 3.8) is 0 Å². The van der Waals surface area contributed by atoms with Crippen LogP contribution in [0.25, 0.3) is 0 Å². The van der Waals surface area contributed by atoms with Gasteiger partial charge < -0.3 is 10.2 Å². The lowest BCUT2D eigenvalue weighted by Crippen LogP contribution is -2.08. The van der Waals surface area contributed by atoms with Gasteiger partial charge in [0.2, 0.25) is 0 Å². The minimum atomic E-state index is -0.699. The summed E-state index contributed by atoms with van der Waals surface area (Å²) in [6.07, 6.45) is -0.699. The van der Waals surface area contributed by atoms with Crippen molar-refractivity contribution >= 4 is 0 Å². The van der Waals surface area contributed by atoms with Crippen molar-refractivity contribution in [1.29, 1.82) is 0 Å². The predicted molar refractivity (Wildman–Crippen MR) is 36.8 cm³/mol. The largest absolute Gasteiger partial charge is 0.388 e. The van der Waals surface area contributed by atoms with Gasteiger partial charge in [-0.1, -0.05) is 0 Å². The number of nitrogens with one attached hydrogen (secondary N) is 2. The van der Waals surface area contributed by atoms with Gasteiger partial charge >= 0.3 is 0 Å². The smallest absolute Gasteiger partial charge is 0.269 e. The molecule has 0 aromatic carbocycles. The number of rotatable bonds is 1. The number of hydrogen-bond acceptors (Lipinski definition) is 2. The number of aliphatic hydroxyl groups excluding tert-OH is 1. The molecule has 1 atom stereocenters. The summed E-state index contributed by atoms with van der Waals surface area (Å²) in [5, 5.41) is 14.0. The van der Waals surface area contributed by atoms with Crippen LogP contribution in [0.4, 0.5) is 0 Å². The Morgan fingerprint density at radius 3 is 2.30 bits per heavy atom. The van der Waals surface area contributed by atoms with Crippen LogP contribution in [0.3, 0.4) is 0 Å². The van der Waals surface area contributed by atoms with Gasteiger partial charge in [0, 0.05) is 5.69 Å². The fourth-order valence-corrected chi connectivity index (χ4v) is 0.959. The zero-order chi connectivity index (χ0) is 7.72. The summed E-state index contributed by atoms with van der Waals surface area (Å²) in [6.45, 7) is 3.30. The van der Waals surface area contributed by atoms with Crippen LogP contribution in [0.2, 0.25) is 0 Å². The van der Waals surface area contributed by atoms with Crippen LogP contribution < -0.4 is 5.56 Å². The molecule has 4 nitrogen and oxygen atoms in total. The van der Waals surface area contributed by atoms with Crippen LogP contribution in [-0.4, -0.2) is 15.3 Å². The van der Waals surface area contributed by atoms with Crippen molar-refractivity contribution in [2.75, 3.05) is 0 Å². The highest BCUT2D eigenvalue weighted by Gasteiger charge is 2.10. The third-order valence-electron chi connectivity index (χ3n) is 1.43. The monoisotopic (exact) mass is 142 g/mol. The van der Waals surface area contributed by atoms with Gasteiger partial charge in [-0.3, -0.25) is 9.89 Å². The summed E-state index contributed by atoms with van der Waals surface area (Å²) in [5.41, 5.74) is 0.868. The number of aliphatic hydroxyl groups is 1. The van der Waals surface area contributed by atoms with Crippen LogP contribution in [-0.2, 0) is 0 Å². The topological polar surface area (TPSA) is 68.9 Å². The van der Waals surface area contributed by atoms with Crippen molar-refractivity contribution in [3.8, 4) is 0 Å². The molecule has 1 unspecified atom stereocenters. The summed E-state index contributed by atoms with van der Waals surface area (Å²) in [5.74, 6) is 0. The van der Waals surface area contributed by atoms with E-state index in [1.807, 2.05) is 0 Å². The van der Waals surface area contributed by atoms with Gasteiger partial charge in [0.25, 0.3) is 5.56 Å². The standard InChI is InChI=1S/C6H10N2O2/c1-3-5(4(2)9)6(10)8-7-3/h4,9H,1-2H3,(H2,7,8,10). The van der Waals surface area contributed by atoms with Gasteiger partial charge in [-0.15, -0.1) is 0 Å². The maximum atomic E-state index is 10.8. The van der Waals surface area contributed by atoms with Crippen molar-refractivity contribution in [3.05, 3.63) is 21.6 Å². The Morgan fingerprint density at radius 1 is 1.50 bits per heavy atom. The van der Waals surface area contributed by atoms with Crippen molar-refractivity contribution in [2.45, 2.75) is 20.0 Å². The molecule has 1 rings (SSSR count). The minimum Gasteiger partial charge on any atom is -0.388 e. The molecule has 1 heterocycles. The number of aryl methyl sites for hydroxylation is 1. The van der Waals surface area contributed by atoms with E-state index in [1.165, 1.54) is 0 Å². The molecule has 0 amide bonds. The quantitative estimate of drug-likeness (QED) is 0.519. The van der Waals surface area contributed by atoms with E-state index < -0.39 is 6.10 Å². The molecule has 0 radical (unpaired) electrons. The average molecular weight is 142 g/mol. The zero-order valence-electron chi connectivity index (χ0n) is 5.93. The molecule has 0 saturated carbocycles. The van der Waals surface area contributed by atoms with Gasteiger partial charge in [-0.25, -0.2) is 0 Å². The van der Waals surface area contributed by atoms with E-state index in [1.54, 1.807) is 13.8 Å². The maximum absolute atomic E-state index is 10.8. The first-order valence-corrected chi connectivity index (χ1v) is 3.08. The summed E-state index contributed by atoms with van der Waals surface area (Å²) < 4.78 is 0. The molecule has 0 aliphatic rings. The summed E-state index contributed by atoms with van der Waals surface area (Å²) in [6, 6.07) is 0. The Hall–Kier alpha value is -1.03. The van der Waals surface area contributed by atoms with Crippen LogP contribution in [0.1, 0.15) is 24.3 Å². The molecule has 0 spiro atoms. The number of hydrogen-bond donors (Lipinski definition) is 3. The van der Waals surface area contributed by atoms with Crippen LogP contribution in [0.5, 0.6) is 0 Å². The second kappa shape index (κ2) is 2.30. The van der Waals surface area contributed by atoms with E-state index in [0.29, 0.717) is 11.3 Å². The Morgan fingerprint density at radius 2 is 2.10 bits per heavy atom. The van der Waals surface area contributed by atoms with Crippen LogP contribution in [0.15, 0.2) is 4.79 Å². The van der Waals surface area contributed by atoms with E-state index in [0.717, 1.165) is 0 Å². The Balaban J connectivity index is 3.23. The molecule has 0 fully saturated rings. The minimum absolute atomic E-state index is 0.243. The van der Waals surface area contributed by atoms with Crippen molar-refractivity contribution < 1.29 is 5.11 Å². The molecule has 0 aliphatic heterocycles. The molecule has 10 heavy (non-hydrogen) atoms. The molecule has 0 saturated heterocycles. The lowest BCUT2D eigenvalue weighted by Gasteiger charge is -1.97. The normalized spacial score (nSPS) is 13.5. The first-order valence-electron chi connectivity index (χ1n) is 3.08. The summed E-state index contributed by atoms with van der Waals surface area (Å²) in [7, 11) is 0. The summed E-state index contributed by atoms with van der Waals surface area (Å²) >= 11 is 0. The second-order valence-electron chi connectivity index (χ2n) is 2.29. The SMILES string of the molecule is Cc1[nH][nH]c(=O)c1C(C)O. The number of aromatic nitrogens is 2. The fourth-order valence-electron chi connectivity index (χ4n) is 0.959. The van der Waals surface area contributed by atoms with Crippen LogP contribution in [0, 0.1) is 6.92 Å². The highest BCUT2D eigenvalue weighted by molar-refractivity contribution is 5.16. The van der Waals surface area contributed by atoms with Crippen molar-refractivity contribution in [2.24, 2.45) is 0 Å². The molecule has 1 aromatic rings. The van der Waals surface area contributed by atoms with Gasteiger partial charge in [0.05, 0.1) is 11.7 Å². The first kappa shape index (κ1) is 7.08. The third-order valence-corrected chi connectivity index (χ3v) is 1.43. The Labute approximate surface area is 57.9 Å². The molecular formula is C6H10N2O2. The van der Waals surface area contributed by atoms with Gasteiger partial charge in [0.1, 0.15) is 0 Å². The predicted octanol–water partition coefficient (Wildman–Crippen LogP) is 0.0647. The third kappa shape index (κ3) is 0.974. The molecular weight excluding hydrogens is 132 g/mol. The fraction of sp³-hybridized carbons (Fsp3) is 0.500. The molecule has 0 bridgehead atoms. The second-order valence-corrected chi connectivity index (χ2v) is 2.29. The highest BCUT2D eigenvalue weighted by atomic mass is 16.3. The lowest BCUT2D eigenvalue weighted by molar-refractivity contribution is 0.197. The van der Waals surface area contributed by atoms with Gasteiger partial charge in [-0.05, 0) is 13.8 Å². The molecule has 1 aromatic heterocycles. The van der Waals surface area contributed by atoms with Crippen LogP contribution >= 0.6 is 0 Å². The molecule has 56 valence electrons. The highest BCUT2D eigenvalue weighted by Crippen LogP contribution is 2.08. The van der Waals surface area contributed by atoms with E-state index in [9.17, 15) is 4.79 Å². The van der Waals surface area contributed by atoms with E-state index in [2.05, 4.69) is 10.2 Å². The molecule has 0 aliphatic carbocycles. The van der Waals surface area contributed by atoms with E-state index in [-0.39, 0.29) is 5.56 Å². The first-order chi connectivity index (χ1) is 4.63. The summed E-state index contributed by atoms with van der Waals surface area (Å²) in [4.78, 5) is 10.8. The lowest BCUT2D eigenvalue weighted by atomic mass is 10.2. The van der Waals surface area contributed by atoms with Gasteiger partial charge in [0.15, 0.2) is 0 Å². The van der Waals surface area contributed by atoms with Gasteiger partial charge in [-0.2, -0.15) is 0 Å². The Kier molecular flexibility index (Phi) is 1.63. The number of H-pyrrole nitrogens is 2. The van der Waals surface area contributed by atoms with Crippen molar-refractivity contribution in [1.82, 2.24) is 10.2 Å². The Bertz CT molecular complexity index is 272. The number of aromatic amines is 2. The van der Waals surface area contributed by atoms with E-state index >= 15 is 0 Å². The maximum Gasteiger partial charge on any atom is 0.269 e. The average Bonchev–Trinajstić information content (AvgIpc) is 2.11.